The average Bonchev–Trinajstić information content (AvgIpc) is 2.21. The van der Waals surface area contributed by atoms with Gasteiger partial charge in [0.05, 0.1) is 11.0 Å². The lowest BCUT2D eigenvalue weighted by Gasteiger charge is -2.58. The third kappa shape index (κ3) is 2.37. The lowest BCUT2D eigenvalue weighted by atomic mass is 9.48. The molecule has 4 atom stereocenters. The molecule has 4 aliphatic carbocycles. The molecule has 1 N–H and O–H groups in total. The Morgan fingerprint density at radius 2 is 1.89 bits per heavy atom. The fourth-order valence-corrected chi connectivity index (χ4v) is 4.80. The summed E-state index contributed by atoms with van der Waals surface area (Å²) in [5.41, 5.74) is -1.47. The summed E-state index contributed by atoms with van der Waals surface area (Å²) in [6, 6.07) is 0. The quantitative estimate of drug-likeness (QED) is 0.804. The van der Waals surface area contributed by atoms with Crippen LogP contribution < -0.4 is 0 Å². The molecule has 0 amide bonds. The molecule has 19 heavy (non-hydrogen) atoms. The Bertz CT molecular complexity index is 388. The number of hydrogen-bond acceptors (Lipinski definition) is 3. The van der Waals surface area contributed by atoms with E-state index in [1.54, 1.807) is 0 Å². The molecule has 3 unspecified atom stereocenters. The molecule has 0 aromatic carbocycles. The van der Waals surface area contributed by atoms with Crippen molar-refractivity contribution in [2.24, 2.45) is 17.3 Å². The molecule has 0 radical (unpaired) electrons. The van der Waals surface area contributed by atoms with Crippen LogP contribution in [0.3, 0.4) is 0 Å². The van der Waals surface area contributed by atoms with Gasteiger partial charge in [-0.2, -0.15) is 0 Å². The van der Waals surface area contributed by atoms with E-state index in [0.29, 0.717) is 31.1 Å². The van der Waals surface area contributed by atoms with E-state index in [9.17, 15) is 18.7 Å². The Labute approximate surface area is 111 Å². The van der Waals surface area contributed by atoms with Gasteiger partial charge in [0.25, 0.3) is 5.92 Å². The highest BCUT2D eigenvalue weighted by molar-refractivity contribution is 5.77. The Hall–Kier alpha value is -0.710. The summed E-state index contributed by atoms with van der Waals surface area (Å²) in [6.07, 6.45) is 4.34. The van der Waals surface area contributed by atoms with Crippen LogP contribution in [0.2, 0.25) is 0 Å². The van der Waals surface area contributed by atoms with Crippen LogP contribution in [-0.2, 0) is 9.53 Å². The van der Waals surface area contributed by atoms with Crippen molar-refractivity contribution in [2.45, 2.75) is 57.0 Å². The number of hydrogen-bond donors (Lipinski definition) is 1. The summed E-state index contributed by atoms with van der Waals surface area (Å²) in [7, 11) is 0. The van der Waals surface area contributed by atoms with Crippen molar-refractivity contribution >= 4 is 5.97 Å². The van der Waals surface area contributed by atoms with Gasteiger partial charge >= 0.3 is 5.97 Å². The lowest BCUT2D eigenvalue weighted by molar-refractivity contribution is -0.201. The van der Waals surface area contributed by atoms with Gasteiger partial charge in [0.2, 0.25) is 0 Å². The molecule has 4 fully saturated rings. The summed E-state index contributed by atoms with van der Waals surface area (Å²) in [6.45, 7) is -0.116. The van der Waals surface area contributed by atoms with Gasteiger partial charge < -0.3 is 9.84 Å². The van der Waals surface area contributed by atoms with Gasteiger partial charge in [-0.3, -0.25) is 4.79 Å². The lowest BCUT2D eigenvalue weighted by Crippen LogP contribution is -2.58. The summed E-state index contributed by atoms with van der Waals surface area (Å²) in [5, 5.41) is 10.5. The second kappa shape index (κ2) is 3.90. The molecular formula is C14H20F2O3. The van der Waals surface area contributed by atoms with Gasteiger partial charge in [0.15, 0.2) is 6.61 Å². The number of esters is 1. The normalized spacial score (nSPS) is 44.4. The molecular weight excluding hydrogens is 254 g/mol. The third-order valence-corrected chi connectivity index (χ3v) is 4.92. The molecule has 0 aliphatic heterocycles. The Kier molecular flexibility index (Phi) is 2.73. The minimum atomic E-state index is -2.99. The van der Waals surface area contributed by atoms with Crippen molar-refractivity contribution in [3.8, 4) is 0 Å². The maximum absolute atomic E-state index is 12.8. The van der Waals surface area contributed by atoms with Crippen LogP contribution >= 0.6 is 0 Å². The molecule has 0 aromatic heterocycles. The molecule has 5 heteroatoms. The van der Waals surface area contributed by atoms with Crippen molar-refractivity contribution in [2.75, 3.05) is 6.61 Å². The first kappa shape index (κ1) is 13.3. The number of rotatable bonds is 3. The number of carbonyl (C=O) groups is 1. The van der Waals surface area contributed by atoms with Crippen molar-refractivity contribution in [1.29, 1.82) is 0 Å². The molecule has 3 nitrogen and oxygen atoms in total. The highest BCUT2D eigenvalue weighted by Gasteiger charge is 2.61. The Morgan fingerprint density at radius 1 is 1.32 bits per heavy atom. The Morgan fingerprint density at radius 3 is 2.37 bits per heavy atom. The molecule has 0 spiro atoms. The second-order valence-corrected chi connectivity index (χ2v) is 7.11. The second-order valence-electron chi connectivity index (χ2n) is 7.11. The molecule has 0 saturated heterocycles. The van der Waals surface area contributed by atoms with Gasteiger partial charge in [0.1, 0.15) is 0 Å². The molecule has 4 rings (SSSR count). The van der Waals surface area contributed by atoms with Crippen LogP contribution in [0.15, 0.2) is 0 Å². The number of aliphatic hydroxyl groups is 1. The van der Waals surface area contributed by atoms with Crippen LogP contribution in [0.5, 0.6) is 0 Å². The van der Waals surface area contributed by atoms with E-state index in [1.807, 2.05) is 0 Å². The minimum absolute atomic E-state index is 0.348. The summed E-state index contributed by atoms with van der Waals surface area (Å²) in [4.78, 5) is 12.2. The molecule has 4 aliphatic rings. The molecule has 0 heterocycles. The van der Waals surface area contributed by atoms with Crippen molar-refractivity contribution in [3.63, 3.8) is 0 Å². The van der Waals surface area contributed by atoms with E-state index in [0.717, 1.165) is 26.2 Å². The zero-order valence-corrected chi connectivity index (χ0v) is 11.1. The smallest absolute Gasteiger partial charge is 0.312 e. The van der Waals surface area contributed by atoms with Gasteiger partial charge in [-0.25, -0.2) is 8.78 Å². The number of halogens is 2. The fraction of sp³-hybridized carbons (Fsp3) is 0.929. The molecule has 108 valence electrons. The van der Waals surface area contributed by atoms with Gasteiger partial charge in [-0.15, -0.1) is 0 Å². The topological polar surface area (TPSA) is 46.5 Å². The largest absolute Gasteiger partial charge is 0.459 e. The maximum Gasteiger partial charge on any atom is 0.312 e. The van der Waals surface area contributed by atoms with Crippen molar-refractivity contribution < 1.29 is 23.4 Å². The van der Waals surface area contributed by atoms with Gasteiger partial charge in [-0.1, -0.05) is 0 Å². The van der Waals surface area contributed by atoms with E-state index in [-0.39, 0.29) is 0 Å². The fourth-order valence-electron chi connectivity index (χ4n) is 4.80. The highest BCUT2D eigenvalue weighted by atomic mass is 19.3. The molecule has 4 bridgehead atoms. The predicted octanol–water partition coefficient (Wildman–Crippen LogP) is 2.52. The van der Waals surface area contributed by atoms with Crippen LogP contribution in [0.25, 0.3) is 0 Å². The maximum atomic E-state index is 12.8. The zero-order valence-electron chi connectivity index (χ0n) is 11.1. The van der Waals surface area contributed by atoms with E-state index < -0.39 is 29.5 Å². The van der Waals surface area contributed by atoms with E-state index >= 15 is 0 Å². The standard InChI is InChI=1S/C14H20F2O3/c1-12(15,16)8-19-11(17)13-3-9-2-10(4-13)6-14(18,5-9)7-13/h9-10,18H,2-8H2,1H3/t9-,10?,13?,14?/m0/s1. The Balaban J connectivity index is 1.74. The van der Waals surface area contributed by atoms with Crippen molar-refractivity contribution in [1.82, 2.24) is 0 Å². The summed E-state index contributed by atoms with van der Waals surface area (Å²) >= 11 is 0. The van der Waals surface area contributed by atoms with Gasteiger partial charge in [0, 0.05) is 6.92 Å². The average molecular weight is 274 g/mol. The van der Waals surface area contributed by atoms with Crippen LogP contribution in [0, 0.1) is 17.3 Å². The predicted molar refractivity (Wildman–Crippen MR) is 63.6 cm³/mol. The van der Waals surface area contributed by atoms with Gasteiger partial charge in [-0.05, 0) is 50.4 Å². The van der Waals surface area contributed by atoms with Crippen LogP contribution in [0.4, 0.5) is 8.78 Å². The van der Waals surface area contributed by atoms with E-state index in [4.69, 9.17) is 4.74 Å². The minimum Gasteiger partial charge on any atom is -0.459 e. The molecule has 4 saturated carbocycles. The SMILES string of the molecule is CC(F)(F)COC(=O)C12CC3C[C@H](CC(O)(C3)C1)C2. The number of carbonyl (C=O) groups excluding carboxylic acids is 1. The number of alkyl halides is 2. The monoisotopic (exact) mass is 274 g/mol. The van der Waals surface area contributed by atoms with E-state index in [1.165, 1.54) is 0 Å². The first-order valence-electron chi connectivity index (χ1n) is 6.97. The first-order valence-corrected chi connectivity index (χ1v) is 6.97. The highest BCUT2D eigenvalue weighted by Crippen LogP contribution is 2.62. The molecule has 0 aromatic rings. The van der Waals surface area contributed by atoms with E-state index in [2.05, 4.69) is 0 Å². The third-order valence-electron chi connectivity index (χ3n) is 4.92. The van der Waals surface area contributed by atoms with Crippen LogP contribution in [-0.4, -0.2) is 29.2 Å². The summed E-state index contributed by atoms with van der Waals surface area (Å²) in [5.74, 6) is -2.82. The van der Waals surface area contributed by atoms with Crippen LogP contribution in [0.1, 0.15) is 45.4 Å². The van der Waals surface area contributed by atoms with Crippen molar-refractivity contribution in [3.05, 3.63) is 0 Å². The summed E-state index contributed by atoms with van der Waals surface area (Å²) < 4.78 is 30.4. The zero-order chi connectivity index (χ0) is 13.9. The number of ether oxygens (including phenoxy) is 1. The first-order chi connectivity index (χ1) is 8.70.